The Kier molecular flexibility index (Phi) is 5.85. The van der Waals surface area contributed by atoms with E-state index in [1.54, 1.807) is 34.1 Å². The molecule has 34 heavy (non-hydrogen) atoms. The monoisotopic (exact) mass is 483 g/mol. The standard InChI is InChI=1S/C25H29N3O5S/c29-23(27-14-16-28(17-15-27)24(30)25(31)12-13-25)19-10-8-18(9-11-19)21-6-1-2-7-22(21)26-34(32,33)20-4-3-5-20/h1-2,6-11,20,26,31H,3-5,12-17H2. The highest BCUT2D eigenvalue weighted by atomic mass is 32.2. The summed E-state index contributed by atoms with van der Waals surface area (Å²) in [4.78, 5) is 28.6. The van der Waals surface area contributed by atoms with E-state index in [1.165, 1.54) is 0 Å². The van der Waals surface area contributed by atoms with Gasteiger partial charge in [0, 0.05) is 37.3 Å². The highest BCUT2D eigenvalue weighted by molar-refractivity contribution is 7.93. The molecule has 0 aromatic heterocycles. The molecule has 2 amide bonds. The molecule has 1 saturated heterocycles. The van der Waals surface area contributed by atoms with Gasteiger partial charge in [-0.05, 0) is 49.4 Å². The Balaban J connectivity index is 1.26. The number of carbonyl (C=O) groups is 2. The van der Waals surface area contributed by atoms with E-state index in [0.29, 0.717) is 63.1 Å². The number of amides is 2. The largest absolute Gasteiger partial charge is 0.380 e. The Morgan fingerprint density at radius 3 is 2.12 bits per heavy atom. The summed E-state index contributed by atoms with van der Waals surface area (Å²) >= 11 is 0. The van der Waals surface area contributed by atoms with Crippen LogP contribution in [0.2, 0.25) is 0 Å². The Morgan fingerprint density at radius 2 is 1.53 bits per heavy atom. The van der Waals surface area contributed by atoms with Gasteiger partial charge in [0.05, 0.1) is 10.9 Å². The summed E-state index contributed by atoms with van der Waals surface area (Å²) in [7, 11) is -3.41. The summed E-state index contributed by atoms with van der Waals surface area (Å²) in [6.07, 6.45) is 3.36. The van der Waals surface area contributed by atoms with Gasteiger partial charge in [-0.1, -0.05) is 36.8 Å². The van der Waals surface area contributed by atoms with Gasteiger partial charge in [0.25, 0.3) is 11.8 Å². The number of benzene rings is 2. The first-order valence-corrected chi connectivity index (χ1v) is 13.3. The highest BCUT2D eigenvalue weighted by Crippen LogP contribution is 2.37. The quantitative estimate of drug-likeness (QED) is 0.656. The van der Waals surface area contributed by atoms with E-state index in [2.05, 4.69) is 4.72 Å². The predicted molar refractivity (Wildman–Crippen MR) is 129 cm³/mol. The lowest BCUT2D eigenvalue weighted by molar-refractivity contribution is -0.143. The minimum Gasteiger partial charge on any atom is -0.380 e. The average Bonchev–Trinajstić information content (AvgIpc) is 3.55. The fourth-order valence-electron chi connectivity index (χ4n) is 4.46. The summed E-state index contributed by atoms with van der Waals surface area (Å²) in [6, 6.07) is 14.4. The van der Waals surface area contributed by atoms with Crippen molar-refractivity contribution in [1.29, 1.82) is 0 Å². The molecule has 180 valence electrons. The normalized spacial score (nSPS) is 19.9. The van der Waals surface area contributed by atoms with Gasteiger partial charge in [0.1, 0.15) is 5.60 Å². The zero-order chi connectivity index (χ0) is 23.9. The third-order valence-electron chi connectivity index (χ3n) is 7.09. The van der Waals surface area contributed by atoms with Gasteiger partial charge in [-0.3, -0.25) is 14.3 Å². The van der Waals surface area contributed by atoms with Gasteiger partial charge < -0.3 is 14.9 Å². The van der Waals surface area contributed by atoms with E-state index in [9.17, 15) is 23.1 Å². The smallest absolute Gasteiger partial charge is 0.254 e. The third kappa shape index (κ3) is 4.42. The summed E-state index contributed by atoms with van der Waals surface area (Å²) in [6.45, 7) is 1.68. The molecule has 1 heterocycles. The molecule has 0 radical (unpaired) electrons. The summed E-state index contributed by atoms with van der Waals surface area (Å²) in [5, 5.41) is 9.71. The number of sulfonamides is 1. The van der Waals surface area contributed by atoms with Crippen LogP contribution in [0.1, 0.15) is 42.5 Å². The molecular weight excluding hydrogens is 454 g/mol. The van der Waals surface area contributed by atoms with Crippen molar-refractivity contribution in [2.45, 2.75) is 43.0 Å². The first-order valence-electron chi connectivity index (χ1n) is 11.8. The van der Waals surface area contributed by atoms with Crippen molar-refractivity contribution in [2.75, 3.05) is 30.9 Å². The first kappa shape index (κ1) is 22.9. The molecule has 2 aromatic rings. The molecule has 1 aliphatic heterocycles. The van der Waals surface area contributed by atoms with Gasteiger partial charge in [-0.2, -0.15) is 0 Å². The average molecular weight is 484 g/mol. The molecule has 2 aliphatic carbocycles. The van der Waals surface area contributed by atoms with Crippen molar-refractivity contribution < 1.29 is 23.1 Å². The molecule has 2 saturated carbocycles. The van der Waals surface area contributed by atoms with Crippen LogP contribution >= 0.6 is 0 Å². The van der Waals surface area contributed by atoms with Gasteiger partial charge in [-0.25, -0.2) is 8.42 Å². The van der Waals surface area contributed by atoms with Crippen LogP contribution in [0.4, 0.5) is 5.69 Å². The number of carbonyl (C=O) groups excluding carboxylic acids is 2. The van der Waals surface area contributed by atoms with Crippen molar-refractivity contribution in [1.82, 2.24) is 9.80 Å². The Hall–Kier alpha value is -2.91. The fourth-order valence-corrected chi connectivity index (χ4v) is 6.06. The molecule has 2 N–H and O–H groups in total. The summed E-state index contributed by atoms with van der Waals surface area (Å²) in [5.74, 6) is -0.335. The molecule has 3 fully saturated rings. The Bertz CT molecular complexity index is 1200. The molecular formula is C25H29N3O5S. The van der Waals surface area contributed by atoms with Gasteiger partial charge in [0.2, 0.25) is 10.0 Å². The number of piperazine rings is 1. The van der Waals surface area contributed by atoms with Crippen LogP contribution in [-0.2, 0) is 14.8 Å². The number of hydrogen-bond acceptors (Lipinski definition) is 5. The zero-order valence-electron chi connectivity index (χ0n) is 18.9. The summed E-state index contributed by atoms with van der Waals surface area (Å²) < 4.78 is 28.0. The molecule has 0 bridgehead atoms. The van der Waals surface area contributed by atoms with Crippen molar-refractivity contribution in [3.63, 3.8) is 0 Å². The van der Waals surface area contributed by atoms with E-state index < -0.39 is 15.6 Å². The van der Waals surface area contributed by atoms with Crippen molar-refractivity contribution in [2.24, 2.45) is 0 Å². The molecule has 5 rings (SSSR count). The molecule has 0 spiro atoms. The third-order valence-corrected chi connectivity index (χ3v) is 8.94. The second-order valence-corrected chi connectivity index (χ2v) is 11.4. The lowest BCUT2D eigenvalue weighted by atomic mass is 10.0. The maximum Gasteiger partial charge on any atom is 0.254 e. The SMILES string of the molecule is O=C(c1ccc(-c2ccccc2NS(=O)(=O)C2CCC2)cc1)N1CCN(C(=O)C2(O)CC2)CC1. The molecule has 0 unspecified atom stereocenters. The lowest BCUT2D eigenvalue weighted by Gasteiger charge is -2.35. The molecule has 8 nitrogen and oxygen atoms in total. The molecule has 0 atom stereocenters. The first-order chi connectivity index (χ1) is 16.3. The van der Waals surface area contributed by atoms with Crippen LogP contribution in [0.25, 0.3) is 11.1 Å². The van der Waals surface area contributed by atoms with Gasteiger partial charge in [-0.15, -0.1) is 0 Å². The minimum atomic E-state index is -3.41. The molecule has 2 aromatic carbocycles. The number of hydrogen-bond donors (Lipinski definition) is 2. The van der Waals surface area contributed by atoms with E-state index in [0.717, 1.165) is 17.5 Å². The van der Waals surface area contributed by atoms with Gasteiger partial charge >= 0.3 is 0 Å². The number of aliphatic hydroxyl groups is 1. The van der Waals surface area contributed by atoms with Crippen LogP contribution in [-0.4, -0.2) is 72.2 Å². The predicted octanol–water partition coefficient (Wildman–Crippen LogP) is 2.46. The highest BCUT2D eigenvalue weighted by Gasteiger charge is 2.50. The van der Waals surface area contributed by atoms with Crippen LogP contribution < -0.4 is 4.72 Å². The molecule has 3 aliphatic rings. The van der Waals surface area contributed by atoms with Crippen molar-refractivity contribution in [3.05, 3.63) is 54.1 Å². The van der Waals surface area contributed by atoms with E-state index >= 15 is 0 Å². The number of rotatable bonds is 6. The van der Waals surface area contributed by atoms with Crippen LogP contribution in [0.3, 0.4) is 0 Å². The van der Waals surface area contributed by atoms with Crippen molar-refractivity contribution in [3.8, 4) is 11.1 Å². The van der Waals surface area contributed by atoms with Crippen LogP contribution in [0.5, 0.6) is 0 Å². The number of nitrogens with one attached hydrogen (secondary N) is 1. The van der Waals surface area contributed by atoms with Crippen LogP contribution in [0.15, 0.2) is 48.5 Å². The Labute approximate surface area is 199 Å². The maximum absolute atomic E-state index is 13.0. The van der Waals surface area contributed by atoms with E-state index in [1.807, 2.05) is 24.3 Å². The Morgan fingerprint density at radius 1 is 0.912 bits per heavy atom. The van der Waals surface area contributed by atoms with Gasteiger partial charge in [0.15, 0.2) is 0 Å². The zero-order valence-corrected chi connectivity index (χ0v) is 19.8. The summed E-state index contributed by atoms with van der Waals surface area (Å²) in [5.41, 5.74) is 1.47. The van der Waals surface area contributed by atoms with Crippen molar-refractivity contribution >= 4 is 27.5 Å². The van der Waals surface area contributed by atoms with E-state index in [-0.39, 0.29) is 17.1 Å². The number of para-hydroxylation sites is 1. The van der Waals surface area contributed by atoms with Crippen LogP contribution in [0, 0.1) is 0 Å². The van der Waals surface area contributed by atoms with E-state index in [4.69, 9.17) is 0 Å². The minimum absolute atomic E-state index is 0.109. The lowest BCUT2D eigenvalue weighted by Crippen LogP contribution is -2.53. The number of anilines is 1. The number of nitrogens with zero attached hydrogens (tertiary/aromatic N) is 2. The maximum atomic E-state index is 13.0. The molecule has 9 heteroatoms. The second-order valence-electron chi connectivity index (χ2n) is 9.44. The second kappa shape index (κ2) is 8.70. The fraction of sp³-hybridized carbons (Fsp3) is 0.440. The topological polar surface area (TPSA) is 107 Å².